The maximum absolute atomic E-state index is 15.5. The molecule has 0 N–H and O–H groups in total. The first-order valence-electron chi connectivity index (χ1n) is 17.4. The summed E-state index contributed by atoms with van der Waals surface area (Å²) in [6.45, 7) is 0. The van der Waals surface area contributed by atoms with Crippen LogP contribution in [-0.4, -0.2) is 14.8 Å². The number of rotatable bonds is 6. The van der Waals surface area contributed by atoms with Crippen molar-refractivity contribution in [2.24, 2.45) is 0 Å². The molecule has 10 rings (SSSR count). The average Bonchev–Trinajstić information content (AvgIpc) is 3.91. The van der Waals surface area contributed by atoms with Crippen LogP contribution in [-0.2, 0) is 5.41 Å². The van der Waals surface area contributed by atoms with E-state index in [-0.39, 0.29) is 11.4 Å². The van der Waals surface area contributed by atoms with Gasteiger partial charge in [-0.15, -0.1) is 0 Å². The molecule has 0 saturated heterocycles. The number of ether oxygens (including phenoxy) is 1. The van der Waals surface area contributed by atoms with Crippen molar-refractivity contribution in [3.8, 4) is 17.2 Å². The smallest absolute Gasteiger partial charge is 0.168 e. The first-order chi connectivity index (χ1) is 25.1. The van der Waals surface area contributed by atoms with E-state index in [9.17, 15) is 0 Å². The average molecular weight is 671 g/mol. The number of benzene rings is 5. The highest BCUT2D eigenvalue weighted by Gasteiger charge is 2.47. The highest BCUT2D eigenvalue weighted by molar-refractivity contribution is 5.89. The highest BCUT2D eigenvalue weighted by Crippen LogP contribution is 2.57. The summed E-state index contributed by atoms with van der Waals surface area (Å²) >= 11 is 0. The predicted molar refractivity (Wildman–Crippen MR) is 194 cm³/mol. The summed E-state index contributed by atoms with van der Waals surface area (Å²) < 4.78 is 38.7. The third kappa shape index (κ3) is 4.50. The highest BCUT2D eigenvalue weighted by atomic mass is 19.1. The van der Waals surface area contributed by atoms with Crippen LogP contribution >= 0.6 is 0 Å². The van der Waals surface area contributed by atoms with Crippen molar-refractivity contribution >= 4 is 17.1 Å². The topological polar surface area (TPSA) is 43.2 Å². The zero-order valence-corrected chi connectivity index (χ0v) is 27.6. The minimum absolute atomic E-state index is 0.0752. The van der Waals surface area contributed by atoms with Crippen molar-refractivity contribution in [2.75, 3.05) is 4.90 Å². The first kappa shape index (κ1) is 29.8. The van der Waals surface area contributed by atoms with Crippen molar-refractivity contribution in [1.82, 2.24) is 14.8 Å². The van der Waals surface area contributed by atoms with Crippen LogP contribution in [0.2, 0.25) is 0 Å². The van der Waals surface area contributed by atoms with Crippen LogP contribution < -0.4 is 9.64 Å². The molecule has 1 aliphatic heterocycles. The van der Waals surface area contributed by atoms with E-state index < -0.39 is 17.0 Å². The molecule has 3 aliphatic rings. The van der Waals surface area contributed by atoms with Crippen molar-refractivity contribution in [3.05, 3.63) is 191 Å². The third-order valence-electron chi connectivity index (χ3n) is 10.9. The van der Waals surface area contributed by atoms with E-state index in [4.69, 9.17) is 14.8 Å². The molecule has 2 aliphatic carbocycles. The second-order valence-corrected chi connectivity index (χ2v) is 13.7. The van der Waals surface area contributed by atoms with Crippen molar-refractivity contribution in [2.45, 2.75) is 36.5 Å². The molecule has 0 radical (unpaired) electrons. The molecule has 3 heterocycles. The molecule has 2 bridgehead atoms. The van der Waals surface area contributed by atoms with Gasteiger partial charge in [-0.3, -0.25) is 4.98 Å². The van der Waals surface area contributed by atoms with Crippen LogP contribution in [0, 0.1) is 11.6 Å². The van der Waals surface area contributed by atoms with Crippen LogP contribution in [0.1, 0.15) is 64.7 Å². The fourth-order valence-electron chi connectivity index (χ4n) is 8.78. The number of halogens is 2. The number of pyridine rings is 1. The fourth-order valence-corrected chi connectivity index (χ4v) is 8.78. The van der Waals surface area contributed by atoms with E-state index in [2.05, 4.69) is 77.7 Å². The minimum Gasteiger partial charge on any atom is -0.454 e. The molecule has 1 saturated carbocycles. The van der Waals surface area contributed by atoms with Gasteiger partial charge in [0.05, 0.1) is 28.2 Å². The SMILES string of the molecule is Fc1cc(F)c(-n2cc3c(n2)[C@@H]2CC[C@H]3C2)cc1Oc1cccc(C2(c3ccccn3)c3ccccc3N(c3ccccc3)c3ccccc32)c1. The van der Waals surface area contributed by atoms with Gasteiger partial charge in [0.2, 0.25) is 0 Å². The Morgan fingerprint density at radius 1 is 0.667 bits per heavy atom. The molecule has 1 fully saturated rings. The molecule has 0 unspecified atom stereocenters. The molecular weight excluding hydrogens is 639 g/mol. The lowest BCUT2D eigenvalue weighted by Gasteiger charge is -2.45. The molecule has 7 aromatic rings. The van der Waals surface area contributed by atoms with Gasteiger partial charge in [-0.25, -0.2) is 13.5 Å². The summed E-state index contributed by atoms with van der Waals surface area (Å²) in [4.78, 5) is 7.28. The Balaban J connectivity index is 1.13. The Morgan fingerprint density at radius 3 is 2.14 bits per heavy atom. The van der Waals surface area contributed by atoms with Gasteiger partial charge in [0.25, 0.3) is 0 Å². The largest absolute Gasteiger partial charge is 0.454 e. The minimum atomic E-state index is -0.861. The van der Waals surface area contributed by atoms with E-state index in [0.717, 1.165) is 70.5 Å². The second kappa shape index (κ2) is 11.5. The van der Waals surface area contributed by atoms with Crippen LogP contribution in [0.5, 0.6) is 11.5 Å². The number of para-hydroxylation sites is 3. The fraction of sp³-hybridized carbons (Fsp3) is 0.136. The number of nitrogens with zero attached hydrogens (tertiary/aromatic N) is 4. The van der Waals surface area contributed by atoms with Crippen LogP contribution in [0.3, 0.4) is 0 Å². The molecule has 2 atom stereocenters. The van der Waals surface area contributed by atoms with E-state index in [0.29, 0.717) is 17.6 Å². The Morgan fingerprint density at radius 2 is 1.39 bits per heavy atom. The molecule has 51 heavy (non-hydrogen) atoms. The van der Waals surface area contributed by atoms with Crippen LogP contribution in [0.4, 0.5) is 25.8 Å². The van der Waals surface area contributed by atoms with Gasteiger partial charge >= 0.3 is 0 Å². The number of hydrogen-bond donors (Lipinski definition) is 0. The first-order valence-corrected chi connectivity index (χ1v) is 17.4. The van der Waals surface area contributed by atoms with Crippen molar-refractivity contribution in [1.29, 1.82) is 0 Å². The summed E-state index contributed by atoms with van der Waals surface area (Å²) in [7, 11) is 0. The Labute approximate surface area is 294 Å². The van der Waals surface area contributed by atoms with E-state index in [1.165, 1.54) is 11.6 Å². The van der Waals surface area contributed by atoms with E-state index >= 15 is 8.78 Å². The lowest BCUT2D eigenvalue weighted by molar-refractivity contribution is 0.435. The lowest BCUT2D eigenvalue weighted by Crippen LogP contribution is -2.38. The normalized spacial score (nSPS) is 17.9. The summed E-state index contributed by atoms with van der Waals surface area (Å²) in [6.07, 6.45) is 7.10. The van der Waals surface area contributed by atoms with Gasteiger partial charge in [0, 0.05) is 36.1 Å². The summed E-state index contributed by atoms with van der Waals surface area (Å²) in [6, 6.07) is 43.2. The standard InChI is InChI=1S/C44H32F2N4O/c45-36-25-37(46)41(26-40(36)49-27-33-28-20-21-29(23-28)43(33)48-49)51-32-14-10-11-30(24-32)44(42-19-8-9-22-47-42)34-15-4-6-17-38(34)50(31-12-2-1-3-13-31)39-18-7-5-16-35(39)44/h1-19,22,24-29H,20-21,23H2/t28-,29+/m0/s1. The number of fused-ring (bicyclic) bond motifs is 7. The molecule has 248 valence electrons. The number of aromatic nitrogens is 3. The van der Waals surface area contributed by atoms with Crippen molar-refractivity contribution in [3.63, 3.8) is 0 Å². The van der Waals surface area contributed by atoms with Gasteiger partial charge in [-0.05, 0) is 96.0 Å². The molecule has 0 spiro atoms. The Hall–Kier alpha value is -6.08. The molecule has 5 aromatic carbocycles. The lowest BCUT2D eigenvalue weighted by atomic mass is 9.64. The molecule has 5 nitrogen and oxygen atoms in total. The van der Waals surface area contributed by atoms with Gasteiger partial charge in [0.1, 0.15) is 11.4 Å². The molecular formula is C44H32F2N4O. The summed E-state index contributed by atoms with van der Waals surface area (Å²) in [5.74, 6) is -0.228. The summed E-state index contributed by atoms with van der Waals surface area (Å²) in [5.41, 5.74) is 8.44. The van der Waals surface area contributed by atoms with E-state index in [1.807, 2.05) is 54.9 Å². The van der Waals surface area contributed by atoms with Gasteiger partial charge < -0.3 is 9.64 Å². The van der Waals surface area contributed by atoms with Gasteiger partial charge in [-0.1, -0.05) is 72.8 Å². The third-order valence-corrected chi connectivity index (χ3v) is 10.9. The Bertz CT molecular complexity index is 2370. The van der Waals surface area contributed by atoms with Crippen LogP contribution in [0.25, 0.3) is 5.69 Å². The molecule has 0 amide bonds. The quantitative estimate of drug-likeness (QED) is 0.177. The monoisotopic (exact) mass is 670 g/mol. The second-order valence-electron chi connectivity index (χ2n) is 13.7. The Kier molecular flexibility index (Phi) is 6.71. The maximum atomic E-state index is 15.5. The van der Waals surface area contributed by atoms with Crippen LogP contribution in [0.15, 0.2) is 146 Å². The van der Waals surface area contributed by atoms with E-state index in [1.54, 1.807) is 10.7 Å². The zero-order valence-electron chi connectivity index (χ0n) is 27.6. The number of anilines is 3. The number of hydrogen-bond acceptors (Lipinski definition) is 4. The predicted octanol–water partition coefficient (Wildman–Crippen LogP) is 10.9. The van der Waals surface area contributed by atoms with Gasteiger partial charge in [0.15, 0.2) is 17.4 Å². The maximum Gasteiger partial charge on any atom is 0.168 e. The molecule has 7 heteroatoms. The van der Waals surface area contributed by atoms with Crippen molar-refractivity contribution < 1.29 is 13.5 Å². The summed E-state index contributed by atoms with van der Waals surface area (Å²) in [5, 5.41) is 4.76. The van der Waals surface area contributed by atoms with Gasteiger partial charge in [-0.2, -0.15) is 5.10 Å². The zero-order chi connectivity index (χ0) is 34.1. The molecule has 2 aromatic heterocycles.